The number of hydrogen-bond acceptors (Lipinski definition) is 3. The minimum Gasteiger partial charge on any atom is -0.367 e. The van der Waals surface area contributed by atoms with Crippen molar-refractivity contribution in [3.63, 3.8) is 0 Å². The van der Waals surface area contributed by atoms with Crippen LogP contribution >= 0.6 is 23.2 Å². The first-order valence-corrected chi connectivity index (χ1v) is 7.09. The third-order valence-electron chi connectivity index (χ3n) is 3.21. The Morgan fingerprint density at radius 1 is 1.10 bits per heavy atom. The van der Waals surface area contributed by atoms with Gasteiger partial charge < -0.3 is 10.3 Å². The van der Waals surface area contributed by atoms with Crippen LogP contribution in [0.1, 0.15) is 5.56 Å². The first kappa shape index (κ1) is 14.0. The Morgan fingerprint density at radius 3 is 2.62 bits per heavy atom. The molecule has 0 saturated carbocycles. The van der Waals surface area contributed by atoms with Crippen LogP contribution in [0.15, 0.2) is 47.0 Å². The number of nitrogen functional groups attached to an aromatic ring is 1. The van der Waals surface area contributed by atoms with Crippen LogP contribution in [0, 0.1) is 6.92 Å². The summed E-state index contributed by atoms with van der Waals surface area (Å²) in [6.45, 7) is 1.98. The van der Waals surface area contributed by atoms with E-state index in [9.17, 15) is 0 Å². The van der Waals surface area contributed by atoms with Crippen molar-refractivity contribution in [1.82, 2.24) is 5.16 Å². The lowest BCUT2D eigenvalue weighted by atomic mass is 10.0. The van der Waals surface area contributed by atoms with E-state index < -0.39 is 0 Å². The van der Waals surface area contributed by atoms with E-state index in [1.807, 2.05) is 43.3 Å². The summed E-state index contributed by atoms with van der Waals surface area (Å²) in [7, 11) is 0. The number of aryl methyl sites for hydroxylation is 1. The van der Waals surface area contributed by atoms with E-state index in [1.54, 1.807) is 6.07 Å². The van der Waals surface area contributed by atoms with Crippen molar-refractivity contribution in [2.24, 2.45) is 0 Å². The highest BCUT2D eigenvalue weighted by Gasteiger charge is 2.19. The van der Waals surface area contributed by atoms with Gasteiger partial charge in [0, 0.05) is 10.6 Å². The number of aromatic nitrogens is 1. The molecule has 0 saturated heterocycles. The number of nitrogens with two attached hydrogens (primary N) is 1. The highest BCUT2D eigenvalue weighted by atomic mass is 35.5. The second-order valence-corrected chi connectivity index (χ2v) is 5.61. The van der Waals surface area contributed by atoms with Crippen molar-refractivity contribution < 1.29 is 4.52 Å². The number of rotatable bonds is 2. The zero-order valence-corrected chi connectivity index (χ0v) is 12.7. The fourth-order valence-corrected chi connectivity index (χ4v) is 2.74. The Labute approximate surface area is 132 Å². The maximum atomic E-state index is 6.32. The van der Waals surface area contributed by atoms with Crippen molar-refractivity contribution in [2.45, 2.75) is 6.92 Å². The third kappa shape index (κ3) is 2.62. The van der Waals surface area contributed by atoms with Gasteiger partial charge in [0.05, 0.1) is 10.6 Å². The lowest BCUT2D eigenvalue weighted by molar-refractivity contribution is 0.439. The maximum Gasteiger partial charge on any atom is 0.230 e. The highest BCUT2D eigenvalue weighted by Crippen LogP contribution is 2.39. The van der Waals surface area contributed by atoms with Crippen molar-refractivity contribution in [3.05, 3.63) is 58.1 Å². The van der Waals surface area contributed by atoms with Gasteiger partial charge in [-0.3, -0.25) is 0 Å². The number of hydrogen-bond donors (Lipinski definition) is 1. The predicted octanol–water partition coefficient (Wildman–Crippen LogP) is 5.21. The molecule has 0 fully saturated rings. The monoisotopic (exact) mass is 318 g/mol. The van der Waals surface area contributed by atoms with Gasteiger partial charge in [-0.2, -0.15) is 0 Å². The molecule has 0 aliphatic carbocycles. The van der Waals surface area contributed by atoms with Crippen molar-refractivity contribution in [1.29, 1.82) is 0 Å². The molecule has 0 aliphatic heterocycles. The van der Waals surface area contributed by atoms with E-state index in [4.69, 9.17) is 33.5 Å². The van der Waals surface area contributed by atoms with E-state index in [0.717, 1.165) is 16.7 Å². The van der Waals surface area contributed by atoms with E-state index in [2.05, 4.69) is 5.16 Å². The molecular weight excluding hydrogens is 307 g/mol. The van der Waals surface area contributed by atoms with Crippen LogP contribution in [0.4, 0.5) is 5.88 Å². The summed E-state index contributed by atoms with van der Waals surface area (Å²) in [6, 6.07) is 13.1. The molecule has 2 aromatic carbocycles. The van der Waals surface area contributed by atoms with Crippen molar-refractivity contribution >= 4 is 29.1 Å². The van der Waals surface area contributed by atoms with E-state index in [0.29, 0.717) is 21.3 Å². The Hall–Kier alpha value is -1.97. The minimum atomic E-state index is 0.240. The zero-order valence-electron chi connectivity index (χ0n) is 11.2. The third-order valence-corrected chi connectivity index (χ3v) is 3.76. The Balaban J connectivity index is 2.22. The quantitative estimate of drug-likeness (QED) is 0.706. The van der Waals surface area contributed by atoms with Gasteiger partial charge in [-0.15, -0.1) is 0 Å². The van der Waals surface area contributed by atoms with Crippen LogP contribution in [0.25, 0.3) is 22.4 Å². The Bertz CT molecular complexity index is 812. The second-order valence-electron chi connectivity index (χ2n) is 4.76. The summed E-state index contributed by atoms with van der Waals surface area (Å²) in [5.41, 5.74) is 9.92. The average Bonchev–Trinajstić information content (AvgIpc) is 2.80. The largest absolute Gasteiger partial charge is 0.367 e. The number of benzene rings is 2. The van der Waals surface area contributed by atoms with Crippen LogP contribution in [0.3, 0.4) is 0 Å². The van der Waals surface area contributed by atoms with Crippen LogP contribution in [-0.4, -0.2) is 5.16 Å². The van der Waals surface area contributed by atoms with Gasteiger partial charge >= 0.3 is 0 Å². The summed E-state index contributed by atoms with van der Waals surface area (Å²) in [5.74, 6) is 0.240. The van der Waals surface area contributed by atoms with E-state index in [1.165, 1.54) is 0 Å². The second kappa shape index (κ2) is 5.43. The molecule has 0 atom stereocenters. The maximum absolute atomic E-state index is 6.32. The van der Waals surface area contributed by atoms with Crippen LogP contribution < -0.4 is 5.73 Å². The lowest BCUT2D eigenvalue weighted by Crippen LogP contribution is -1.89. The van der Waals surface area contributed by atoms with Crippen molar-refractivity contribution in [3.8, 4) is 22.4 Å². The highest BCUT2D eigenvalue weighted by molar-refractivity contribution is 6.33. The van der Waals surface area contributed by atoms with Gasteiger partial charge in [0.25, 0.3) is 0 Å². The fraction of sp³-hybridized carbons (Fsp3) is 0.0625. The smallest absolute Gasteiger partial charge is 0.230 e. The SMILES string of the molecule is Cc1ccc(-c2noc(N)c2-c2cccc(Cl)c2)c(Cl)c1. The molecule has 0 spiro atoms. The molecule has 3 nitrogen and oxygen atoms in total. The van der Waals surface area contributed by atoms with Gasteiger partial charge in [-0.25, -0.2) is 0 Å². The van der Waals surface area contributed by atoms with Crippen LogP contribution in [-0.2, 0) is 0 Å². The molecule has 0 unspecified atom stereocenters. The molecule has 21 heavy (non-hydrogen) atoms. The molecule has 3 rings (SSSR count). The molecule has 0 radical (unpaired) electrons. The van der Waals surface area contributed by atoms with Crippen LogP contribution in [0.2, 0.25) is 10.0 Å². The van der Waals surface area contributed by atoms with Gasteiger partial charge in [-0.05, 0) is 36.2 Å². The number of halogens is 2. The number of anilines is 1. The molecule has 0 aliphatic rings. The van der Waals surface area contributed by atoms with Crippen molar-refractivity contribution in [2.75, 3.05) is 5.73 Å². The Morgan fingerprint density at radius 2 is 1.90 bits per heavy atom. The molecule has 0 amide bonds. The molecular formula is C16H12Cl2N2O. The number of nitrogens with zero attached hydrogens (tertiary/aromatic N) is 1. The van der Waals surface area contributed by atoms with Gasteiger partial charge in [-0.1, -0.05) is 52.6 Å². The fourth-order valence-electron chi connectivity index (χ4n) is 2.22. The first-order valence-electron chi connectivity index (χ1n) is 6.34. The topological polar surface area (TPSA) is 52.0 Å². The molecule has 1 heterocycles. The summed E-state index contributed by atoms with van der Waals surface area (Å²) < 4.78 is 5.16. The lowest BCUT2D eigenvalue weighted by Gasteiger charge is -2.06. The van der Waals surface area contributed by atoms with Gasteiger partial charge in [0.1, 0.15) is 5.69 Å². The molecule has 3 aromatic rings. The summed E-state index contributed by atoms with van der Waals surface area (Å²) >= 11 is 12.4. The van der Waals surface area contributed by atoms with Crippen LogP contribution in [0.5, 0.6) is 0 Å². The van der Waals surface area contributed by atoms with Gasteiger partial charge in [0.15, 0.2) is 0 Å². The van der Waals surface area contributed by atoms with Gasteiger partial charge in [0.2, 0.25) is 5.88 Å². The Kier molecular flexibility index (Phi) is 3.62. The van der Waals surface area contributed by atoms with E-state index in [-0.39, 0.29) is 5.88 Å². The molecule has 0 bridgehead atoms. The first-order chi connectivity index (χ1) is 10.1. The normalized spacial score (nSPS) is 10.8. The summed E-state index contributed by atoms with van der Waals surface area (Å²) in [4.78, 5) is 0. The predicted molar refractivity (Wildman–Crippen MR) is 86.5 cm³/mol. The summed E-state index contributed by atoms with van der Waals surface area (Å²) in [6.07, 6.45) is 0. The molecule has 1 aromatic heterocycles. The summed E-state index contributed by atoms with van der Waals surface area (Å²) in [5, 5.41) is 5.28. The zero-order chi connectivity index (χ0) is 15.0. The minimum absolute atomic E-state index is 0.240. The molecule has 106 valence electrons. The molecule has 5 heteroatoms. The molecule has 2 N–H and O–H groups in total. The van der Waals surface area contributed by atoms with E-state index >= 15 is 0 Å². The standard InChI is InChI=1S/C16H12Cl2N2O/c1-9-5-6-12(13(18)7-9)15-14(16(19)21-20-15)10-3-2-4-11(17)8-10/h2-8H,19H2,1H3. The average molecular weight is 319 g/mol.